The highest BCUT2D eigenvalue weighted by Crippen LogP contribution is 2.16. The Labute approximate surface area is 160 Å². The third-order valence-corrected chi connectivity index (χ3v) is 5.51. The first-order valence-electron chi connectivity index (χ1n) is 8.17. The predicted molar refractivity (Wildman–Crippen MR) is 101 cm³/mol. The van der Waals surface area contributed by atoms with E-state index in [9.17, 15) is 23.1 Å². The van der Waals surface area contributed by atoms with E-state index in [1.807, 2.05) is 0 Å². The number of carboxylic acids is 1. The lowest BCUT2D eigenvalue weighted by Crippen LogP contribution is -2.42. The number of methoxy groups -OCH3 is 1. The Kier molecular flexibility index (Phi) is 5.43. The molecule has 0 radical (unpaired) electrons. The number of aromatic amines is 1. The van der Waals surface area contributed by atoms with Gasteiger partial charge in [-0.1, -0.05) is 12.1 Å². The average molecular weight is 403 g/mol. The molecule has 0 amide bonds. The number of aromatic nitrogens is 2. The van der Waals surface area contributed by atoms with Gasteiger partial charge < -0.3 is 14.8 Å². The number of rotatable bonds is 7. The molecule has 1 heterocycles. The zero-order valence-corrected chi connectivity index (χ0v) is 15.6. The quantitative estimate of drug-likeness (QED) is 0.533. The molecule has 0 fully saturated rings. The smallest absolute Gasteiger partial charge is 0.322 e. The van der Waals surface area contributed by atoms with E-state index < -0.39 is 27.6 Å². The lowest BCUT2D eigenvalue weighted by molar-refractivity contribution is -0.138. The van der Waals surface area contributed by atoms with Crippen molar-refractivity contribution < 1.29 is 23.1 Å². The number of hydrogen-bond acceptors (Lipinski definition) is 6. The molecule has 0 bridgehead atoms. The Morgan fingerprint density at radius 3 is 2.54 bits per heavy atom. The van der Waals surface area contributed by atoms with Crippen LogP contribution in [0.3, 0.4) is 0 Å². The average Bonchev–Trinajstić information content (AvgIpc) is 2.67. The van der Waals surface area contributed by atoms with E-state index in [1.165, 1.54) is 31.4 Å². The van der Waals surface area contributed by atoms with Crippen molar-refractivity contribution in [3.05, 3.63) is 64.7 Å². The third-order valence-electron chi connectivity index (χ3n) is 4.02. The van der Waals surface area contributed by atoms with E-state index in [4.69, 9.17) is 4.74 Å². The summed E-state index contributed by atoms with van der Waals surface area (Å²) in [5.74, 6) is -0.868. The molecule has 0 aliphatic rings. The monoisotopic (exact) mass is 403 g/mol. The van der Waals surface area contributed by atoms with Gasteiger partial charge in [0.2, 0.25) is 10.0 Å². The highest BCUT2D eigenvalue weighted by atomic mass is 32.2. The van der Waals surface area contributed by atoms with Crippen molar-refractivity contribution in [2.75, 3.05) is 7.11 Å². The number of ether oxygens (including phenoxy) is 1. The van der Waals surface area contributed by atoms with Gasteiger partial charge in [-0.15, -0.1) is 0 Å². The van der Waals surface area contributed by atoms with E-state index in [2.05, 4.69) is 14.7 Å². The molecule has 0 saturated heterocycles. The number of carbonyl (C=O) groups is 1. The normalized spacial score (nSPS) is 12.6. The van der Waals surface area contributed by atoms with Crippen molar-refractivity contribution in [2.24, 2.45) is 0 Å². The number of sulfonamides is 1. The zero-order chi connectivity index (χ0) is 20.3. The Morgan fingerprint density at radius 2 is 1.89 bits per heavy atom. The van der Waals surface area contributed by atoms with Gasteiger partial charge in [-0.3, -0.25) is 9.59 Å². The molecular weight excluding hydrogens is 386 g/mol. The van der Waals surface area contributed by atoms with Crippen LogP contribution in [0.1, 0.15) is 5.82 Å². The van der Waals surface area contributed by atoms with Crippen LogP contribution in [0.2, 0.25) is 0 Å². The van der Waals surface area contributed by atoms with Gasteiger partial charge in [0.05, 0.1) is 22.9 Å². The fourth-order valence-electron chi connectivity index (χ4n) is 2.61. The summed E-state index contributed by atoms with van der Waals surface area (Å²) in [6.45, 7) is 0. The van der Waals surface area contributed by atoms with E-state index in [1.54, 1.807) is 24.3 Å². The van der Waals surface area contributed by atoms with Crippen molar-refractivity contribution >= 4 is 26.9 Å². The summed E-state index contributed by atoms with van der Waals surface area (Å²) < 4.78 is 32.1. The molecule has 9 nitrogen and oxygen atoms in total. The van der Waals surface area contributed by atoms with Gasteiger partial charge in [-0.05, 0) is 36.4 Å². The summed E-state index contributed by atoms with van der Waals surface area (Å²) in [6.07, 6.45) is -0.329. The Balaban J connectivity index is 1.87. The first kappa shape index (κ1) is 19.5. The summed E-state index contributed by atoms with van der Waals surface area (Å²) in [6, 6.07) is 10.6. The zero-order valence-electron chi connectivity index (χ0n) is 14.7. The summed E-state index contributed by atoms with van der Waals surface area (Å²) >= 11 is 0. The van der Waals surface area contributed by atoms with Gasteiger partial charge in [-0.25, -0.2) is 13.4 Å². The molecular formula is C18H17N3O6S. The molecule has 10 heteroatoms. The first-order valence-corrected chi connectivity index (χ1v) is 9.65. The highest BCUT2D eigenvalue weighted by Gasteiger charge is 2.26. The summed E-state index contributed by atoms with van der Waals surface area (Å²) in [5.41, 5.74) is -0.0360. The van der Waals surface area contributed by atoms with Crippen LogP contribution in [0.5, 0.6) is 5.75 Å². The molecule has 0 aliphatic heterocycles. The Morgan fingerprint density at radius 1 is 1.21 bits per heavy atom. The largest absolute Gasteiger partial charge is 0.497 e. The van der Waals surface area contributed by atoms with Gasteiger partial charge in [0.15, 0.2) is 0 Å². The summed E-state index contributed by atoms with van der Waals surface area (Å²) in [4.78, 5) is 30.3. The molecule has 1 atom stereocenters. The van der Waals surface area contributed by atoms with Crippen molar-refractivity contribution in [3.63, 3.8) is 0 Å². The fourth-order valence-corrected chi connectivity index (χ4v) is 3.80. The molecule has 0 spiro atoms. The van der Waals surface area contributed by atoms with E-state index >= 15 is 0 Å². The van der Waals surface area contributed by atoms with Crippen molar-refractivity contribution in [1.29, 1.82) is 0 Å². The molecule has 3 rings (SSSR count). The number of benzene rings is 2. The Hall–Kier alpha value is -3.24. The van der Waals surface area contributed by atoms with Gasteiger partial charge in [-0.2, -0.15) is 4.72 Å². The van der Waals surface area contributed by atoms with Crippen LogP contribution in [-0.4, -0.2) is 42.6 Å². The number of para-hydroxylation sites is 1. The predicted octanol–water partition coefficient (Wildman–Crippen LogP) is 0.906. The number of H-pyrrole nitrogens is 1. The number of nitrogens with zero attached hydrogens (tertiary/aromatic N) is 1. The SMILES string of the molecule is COc1ccc(S(=O)(=O)N[C@@H](Cc2nc3ccccc3c(=O)[nH]2)C(=O)O)cc1. The fraction of sp³-hybridized carbons (Fsp3) is 0.167. The van der Waals surface area contributed by atoms with Crippen LogP contribution in [-0.2, 0) is 21.2 Å². The van der Waals surface area contributed by atoms with Crippen LogP contribution in [0.4, 0.5) is 0 Å². The number of fused-ring (bicyclic) bond motifs is 1. The van der Waals surface area contributed by atoms with Gasteiger partial charge >= 0.3 is 5.97 Å². The minimum absolute atomic E-state index is 0.0635. The summed E-state index contributed by atoms with van der Waals surface area (Å²) in [7, 11) is -2.66. The third kappa shape index (κ3) is 4.18. The second-order valence-corrected chi connectivity index (χ2v) is 7.64. The molecule has 0 aliphatic carbocycles. The van der Waals surface area contributed by atoms with Gasteiger partial charge in [0.25, 0.3) is 5.56 Å². The second-order valence-electron chi connectivity index (χ2n) is 5.92. The number of nitrogens with one attached hydrogen (secondary N) is 2. The van der Waals surface area contributed by atoms with Crippen molar-refractivity contribution in [1.82, 2.24) is 14.7 Å². The van der Waals surface area contributed by atoms with E-state index in [0.29, 0.717) is 16.7 Å². The van der Waals surface area contributed by atoms with Gasteiger partial charge in [0, 0.05) is 6.42 Å². The van der Waals surface area contributed by atoms with Crippen LogP contribution in [0.15, 0.2) is 58.2 Å². The Bertz CT molecular complexity index is 1170. The molecule has 0 saturated carbocycles. The topological polar surface area (TPSA) is 138 Å². The van der Waals surface area contributed by atoms with Crippen molar-refractivity contribution in [2.45, 2.75) is 17.4 Å². The van der Waals surface area contributed by atoms with Crippen LogP contribution in [0.25, 0.3) is 10.9 Å². The minimum atomic E-state index is -4.11. The maximum absolute atomic E-state index is 12.5. The first-order chi connectivity index (χ1) is 13.3. The van der Waals surface area contributed by atoms with Crippen molar-refractivity contribution in [3.8, 4) is 5.75 Å². The molecule has 28 heavy (non-hydrogen) atoms. The van der Waals surface area contributed by atoms with Crippen LogP contribution >= 0.6 is 0 Å². The molecule has 1 aromatic heterocycles. The summed E-state index contributed by atoms with van der Waals surface area (Å²) in [5, 5.41) is 9.80. The van der Waals surface area contributed by atoms with E-state index in [0.717, 1.165) is 0 Å². The standard InChI is InChI=1S/C18H17N3O6S/c1-27-11-6-8-12(9-7-11)28(25,26)21-15(18(23)24)10-16-19-14-5-3-2-4-13(14)17(22)20-16/h2-9,15,21H,10H2,1H3,(H,23,24)(H,19,20,22)/t15-/m0/s1. The molecule has 3 aromatic rings. The molecule has 3 N–H and O–H groups in total. The molecule has 146 valence electrons. The maximum Gasteiger partial charge on any atom is 0.322 e. The lowest BCUT2D eigenvalue weighted by Gasteiger charge is -2.15. The number of carboxylic acid groups (broad SMARTS) is 1. The van der Waals surface area contributed by atoms with E-state index in [-0.39, 0.29) is 17.1 Å². The second kappa shape index (κ2) is 7.79. The molecule has 0 unspecified atom stereocenters. The maximum atomic E-state index is 12.5. The van der Waals surface area contributed by atoms with Crippen LogP contribution < -0.4 is 15.0 Å². The minimum Gasteiger partial charge on any atom is -0.497 e. The molecule has 2 aromatic carbocycles. The highest BCUT2D eigenvalue weighted by molar-refractivity contribution is 7.89. The van der Waals surface area contributed by atoms with Crippen LogP contribution in [0, 0.1) is 0 Å². The van der Waals surface area contributed by atoms with Gasteiger partial charge in [0.1, 0.15) is 17.6 Å². The lowest BCUT2D eigenvalue weighted by atomic mass is 10.2. The number of aliphatic carboxylic acids is 1. The number of hydrogen-bond donors (Lipinski definition) is 3.